The Labute approximate surface area is 118 Å². The number of benzene rings is 1. The average Bonchev–Trinajstić information content (AvgIpc) is 2.40. The lowest BCUT2D eigenvalue weighted by Gasteiger charge is -2.17. The quantitative estimate of drug-likeness (QED) is 0.750. The lowest BCUT2D eigenvalue weighted by Crippen LogP contribution is -2.34. The largest absolute Gasteiger partial charge is 0.494 e. The highest BCUT2D eigenvalue weighted by atomic mass is 19.3. The van der Waals surface area contributed by atoms with Crippen LogP contribution in [0.3, 0.4) is 0 Å². The predicted octanol–water partition coefficient (Wildman–Crippen LogP) is 2.65. The summed E-state index contributed by atoms with van der Waals surface area (Å²) in [5.41, 5.74) is 0.103. The Morgan fingerprint density at radius 1 is 1.29 bits per heavy atom. The van der Waals surface area contributed by atoms with Gasteiger partial charge in [-0.15, -0.1) is 0 Å². The summed E-state index contributed by atoms with van der Waals surface area (Å²) in [6.45, 7) is -2.12. The molecular formula is C13H15F5O3. The van der Waals surface area contributed by atoms with Crippen molar-refractivity contribution in [3.05, 3.63) is 29.6 Å². The number of methoxy groups -OCH3 is 1. The van der Waals surface area contributed by atoms with E-state index in [1.807, 2.05) is 0 Å². The van der Waals surface area contributed by atoms with Gasteiger partial charge in [-0.3, -0.25) is 0 Å². The van der Waals surface area contributed by atoms with E-state index in [9.17, 15) is 27.1 Å². The van der Waals surface area contributed by atoms with Gasteiger partial charge in [0.15, 0.2) is 11.6 Å². The van der Waals surface area contributed by atoms with E-state index in [0.29, 0.717) is 0 Å². The van der Waals surface area contributed by atoms with Gasteiger partial charge in [0.05, 0.1) is 19.8 Å². The van der Waals surface area contributed by atoms with Gasteiger partial charge < -0.3 is 14.6 Å². The zero-order chi connectivity index (χ0) is 16.0. The molecule has 0 aliphatic rings. The number of alkyl halides is 4. The Hall–Kier alpha value is -1.41. The Bertz CT molecular complexity index is 453. The fraction of sp³-hybridized carbons (Fsp3) is 0.538. The Balaban J connectivity index is 2.50. The number of rotatable bonds is 8. The van der Waals surface area contributed by atoms with Crippen molar-refractivity contribution in [2.75, 3.05) is 20.3 Å². The number of hydrogen-bond acceptors (Lipinski definition) is 3. The molecule has 1 unspecified atom stereocenters. The van der Waals surface area contributed by atoms with Crippen LogP contribution in [0.15, 0.2) is 18.2 Å². The number of hydrogen-bond donors (Lipinski definition) is 1. The van der Waals surface area contributed by atoms with Gasteiger partial charge in [-0.25, -0.2) is 13.2 Å². The first-order valence-corrected chi connectivity index (χ1v) is 6.01. The molecule has 0 aliphatic carbocycles. The molecule has 0 spiro atoms. The van der Waals surface area contributed by atoms with Crippen LogP contribution in [0.25, 0.3) is 0 Å². The van der Waals surface area contributed by atoms with Crippen LogP contribution in [-0.4, -0.2) is 43.9 Å². The minimum atomic E-state index is -4.28. The molecule has 1 rings (SSSR count). The third kappa shape index (κ3) is 5.13. The molecular weight excluding hydrogens is 299 g/mol. The highest BCUT2D eigenvalue weighted by Gasteiger charge is 2.41. The molecule has 3 nitrogen and oxygen atoms in total. The summed E-state index contributed by atoms with van der Waals surface area (Å²) >= 11 is 0. The molecule has 120 valence electrons. The summed E-state index contributed by atoms with van der Waals surface area (Å²) in [7, 11) is 1.27. The molecule has 0 heterocycles. The number of ether oxygens (including phenoxy) is 2. The van der Waals surface area contributed by atoms with Crippen molar-refractivity contribution >= 4 is 0 Å². The van der Waals surface area contributed by atoms with Crippen molar-refractivity contribution in [1.29, 1.82) is 0 Å². The number of aliphatic hydroxyl groups excluding tert-OH is 1. The Morgan fingerprint density at radius 3 is 2.52 bits per heavy atom. The highest BCUT2D eigenvalue weighted by molar-refractivity contribution is 5.31. The number of halogens is 5. The number of aliphatic hydroxyl groups is 1. The molecule has 0 saturated heterocycles. The summed E-state index contributed by atoms with van der Waals surface area (Å²) in [5.74, 6) is -4.98. The van der Waals surface area contributed by atoms with Gasteiger partial charge in [0.25, 0.3) is 0 Å². The van der Waals surface area contributed by atoms with E-state index in [-0.39, 0.29) is 17.7 Å². The van der Waals surface area contributed by atoms with Crippen LogP contribution < -0.4 is 4.74 Å². The summed E-state index contributed by atoms with van der Waals surface area (Å²) in [5, 5.41) is 9.56. The summed E-state index contributed by atoms with van der Waals surface area (Å²) in [4.78, 5) is 0. The molecule has 1 N–H and O–H groups in total. The minimum Gasteiger partial charge on any atom is -0.494 e. The summed E-state index contributed by atoms with van der Waals surface area (Å²) in [6.07, 6.45) is -5.37. The fourth-order valence-corrected chi connectivity index (χ4v) is 1.58. The molecule has 0 aromatic heterocycles. The van der Waals surface area contributed by atoms with Gasteiger partial charge in [0.1, 0.15) is 6.61 Å². The molecule has 1 aromatic carbocycles. The molecule has 1 atom stereocenters. The zero-order valence-corrected chi connectivity index (χ0v) is 11.2. The third-order valence-electron chi connectivity index (χ3n) is 2.64. The molecule has 0 aliphatic heterocycles. The van der Waals surface area contributed by atoms with Crippen molar-refractivity contribution in [3.63, 3.8) is 0 Å². The van der Waals surface area contributed by atoms with Gasteiger partial charge in [0.2, 0.25) is 0 Å². The van der Waals surface area contributed by atoms with Gasteiger partial charge in [-0.1, -0.05) is 12.1 Å². The van der Waals surface area contributed by atoms with E-state index in [2.05, 4.69) is 4.74 Å². The fourth-order valence-electron chi connectivity index (χ4n) is 1.58. The van der Waals surface area contributed by atoms with Gasteiger partial charge in [-0.2, -0.15) is 8.78 Å². The molecule has 0 fully saturated rings. The standard InChI is InChI=1S/C13H15F5O3/c1-20-10-4-2-3-8(11(10)14)5-9(19)6-21-7-13(17,18)12(15)16/h2-4,9,12,19H,5-7H2,1H3. The van der Waals surface area contributed by atoms with Crippen LogP contribution in [0.5, 0.6) is 5.75 Å². The van der Waals surface area contributed by atoms with Crippen molar-refractivity contribution in [3.8, 4) is 5.75 Å². The molecule has 0 amide bonds. The van der Waals surface area contributed by atoms with E-state index >= 15 is 0 Å². The van der Waals surface area contributed by atoms with Crippen LogP contribution in [-0.2, 0) is 11.2 Å². The van der Waals surface area contributed by atoms with E-state index < -0.39 is 37.5 Å². The van der Waals surface area contributed by atoms with Crippen LogP contribution in [0.2, 0.25) is 0 Å². The lowest BCUT2D eigenvalue weighted by atomic mass is 10.1. The summed E-state index contributed by atoms with van der Waals surface area (Å²) in [6, 6.07) is 4.26. The Morgan fingerprint density at radius 2 is 1.95 bits per heavy atom. The van der Waals surface area contributed by atoms with Crippen molar-refractivity contribution in [2.45, 2.75) is 24.9 Å². The molecule has 0 radical (unpaired) electrons. The van der Waals surface area contributed by atoms with Gasteiger partial charge >= 0.3 is 12.3 Å². The van der Waals surface area contributed by atoms with Crippen LogP contribution in [0.1, 0.15) is 5.56 Å². The minimum absolute atomic E-state index is 0.0233. The smallest absolute Gasteiger partial charge is 0.330 e. The molecule has 0 bridgehead atoms. The van der Waals surface area contributed by atoms with Gasteiger partial charge in [0, 0.05) is 6.42 Å². The van der Waals surface area contributed by atoms with Crippen molar-refractivity contribution in [2.24, 2.45) is 0 Å². The van der Waals surface area contributed by atoms with Gasteiger partial charge in [-0.05, 0) is 11.6 Å². The maximum absolute atomic E-state index is 13.8. The van der Waals surface area contributed by atoms with E-state index in [1.165, 1.54) is 25.3 Å². The first-order valence-electron chi connectivity index (χ1n) is 6.01. The maximum atomic E-state index is 13.8. The van der Waals surface area contributed by atoms with Crippen molar-refractivity contribution < 1.29 is 36.5 Å². The molecule has 8 heteroatoms. The molecule has 0 saturated carbocycles. The lowest BCUT2D eigenvalue weighted by molar-refractivity contribution is -0.170. The van der Waals surface area contributed by atoms with Crippen LogP contribution in [0, 0.1) is 5.82 Å². The Kier molecular flexibility index (Phi) is 6.35. The zero-order valence-electron chi connectivity index (χ0n) is 11.2. The molecule has 1 aromatic rings. The SMILES string of the molecule is COc1cccc(CC(O)COCC(F)(F)C(F)F)c1F. The first-order chi connectivity index (χ1) is 9.77. The second kappa shape index (κ2) is 7.56. The van der Waals surface area contributed by atoms with Crippen molar-refractivity contribution in [1.82, 2.24) is 0 Å². The topological polar surface area (TPSA) is 38.7 Å². The normalized spacial score (nSPS) is 13.5. The first kappa shape index (κ1) is 17.6. The summed E-state index contributed by atoms with van der Waals surface area (Å²) < 4.78 is 71.7. The van der Waals surface area contributed by atoms with E-state index in [1.54, 1.807) is 0 Å². The van der Waals surface area contributed by atoms with E-state index in [4.69, 9.17) is 4.74 Å². The maximum Gasteiger partial charge on any atom is 0.330 e. The second-order valence-electron chi connectivity index (χ2n) is 4.37. The van der Waals surface area contributed by atoms with E-state index in [0.717, 1.165) is 0 Å². The highest BCUT2D eigenvalue weighted by Crippen LogP contribution is 2.23. The molecule has 21 heavy (non-hydrogen) atoms. The second-order valence-corrected chi connectivity index (χ2v) is 4.37. The predicted molar refractivity (Wildman–Crippen MR) is 64.4 cm³/mol. The van der Waals surface area contributed by atoms with Crippen LogP contribution in [0.4, 0.5) is 22.0 Å². The average molecular weight is 314 g/mol. The van der Waals surface area contributed by atoms with Crippen LogP contribution >= 0.6 is 0 Å². The third-order valence-corrected chi connectivity index (χ3v) is 2.64. The monoisotopic (exact) mass is 314 g/mol.